The fourth-order valence-corrected chi connectivity index (χ4v) is 3.65. The number of aromatic nitrogens is 3. The maximum absolute atomic E-state index is 5.44. The largest absolute Gasteiger partial charge is 0.497 e. The van der Waals surface area contributed by atoms with Gasteiger partial charge in [-0.05, 0) is 49.8 Å². The molecule has 1 aromatic carbocycles. The zero-order valence-corrected chi connectivity index (χ0v) is 21.6. The number of hydrogen-bond acceptors (Lipinski definition) is 5. The first kappa shape index (κ1) is 25.9. The summed E-state index contributed by atoms with van der Waals surface area (Å²) in [6.45, 7) is 10.3. The minimum atomic E-state index is 0. The third-order valence-corrected chi connectivity index (χ3v) is 5.30. The Balaban J connectivity index is 0.00000363. The molecule has 0 saturated heterocycles. The monoisotopic (exact) mass is 551 g/mol. The molecule has 0 radical (unpaired) electrons. The highest BCUT2D eigenvalue weighted by atomic mass is 127. The molecule has 8 nitrogen and oxygen atoms in total. The Morgan fingerprint density at radius 3 is 2.62 bits per heavy atom. The summed E-state index contributed by atoms with van der Waals surface area (Å²) in [5.74, 6) is 2.44. The van der Waals surface area contributed by atoms with Crippen molar-refractivity contribution in [3.63, 3.8) is 0 Å². The number of nitrogens with zero attached hydrogens (tertiary/aromatic N) is 5. The van der Waals surface area contributed by atoms with Gasteiger partial charge >= 0.3 is 0 Å². The molecule has 0 spiro atoms. The predicted octanol–water partition coefficient (Wildman–Crippen LogP) is 3.49. The van der Waals surface area contributed by atoms with Gasteiger partial charge in [0.1, 0.15) is 12.3 Å². The Morgan fingerprint density at radius 2 is 1.91 bits per heavy atom. The number of halogens is 1. The molecule has 0 fully saturated rings. The first-order chi connectivity index (χ1) is 15.2. The fourth-order valence-electron chi connectivity index (χ4n) is 3.65. The summed E-state index contributed by atoms with van der Waals surface area (Å²) in [5.41, 5.74) is 2.04. The molecule has 0 aliphatic heterocycles. The van der Waals surface area contributed by atoms with Crippen LogP contribution < -0.4 is 15.4 Å². The standard InChI is InChI=1S/C23H33N7O.HI/c1-5-24-23(26-17-22-28-27-21-13-8-9-14-30(21)22)25-16-20(29(6-2)7-3)18-11-10-12-19(15-18)31-4;/h8-15,20H,5-7,16-17H2,1-4H3,(H2,24,25,26);1H. The molecule has 0 saturated carbocycles. The molecule has 0 bridgehead atoms. The van der Waals surface area contributed by atoms with Crippen LogP contribution in [0.5, 0.6) is 5.75 Å². The molecular weight excluding hydrogens is 517 g/mol. The number of nitrogens with one attached hydrogen (secondary N) is 2. The van der Waals surface area contributed by atoms with E-state index in [0.29, 0.717) is 6.54 Å². The van der Waals surface area contributed by atoms with Crippen LogP contribution in [0.15, 0.2) is 53.7 Å². The Kier molecular flexibility index (Phi) is 10.7. The first-order valence-electron chi connectivity index (χ1n) is 10.9. The second kappa shape index (κ2) is 13.2. The van der Waals surface area contributed by atoms with E-state index in [2.05, 4.69) is 58.6 Å². The average Bonchev–Trinajstić information content (AvgIpc) is 3.23. The maximum Gasteiger partial charge on any atom is 0.191 e. The lowest BCUT2D eigenvalue weighted by molar-refractivity contribution is 0.218. The zero-order chi connectivity index (χ0) is 22.1. The summed E-state index contributed by atoms with van der Waals surface area (Å²) in [4.78, 5) is 7.17. The van der Waals surface area contributed by atoms with Crippen molar-refractivity contribution in [3.05, 3.63) is 60.0 Å². The highest BCUT2D eigenvalue weighted by Crippen LogP contribution is 2.23. The van der Waals surface area contributed by atoms with Gasteiger partial charge in [-0.2, -0.15) is 0 Å². The molecule has 2 aromatic heterocycles. The molecule has 32 heavy (non-hydrogen) atoms. The van der Waals surface area contributed by atoms with Crippen LogP contribution in [-0.4, -0.2) is 58.7 Å². The quantitative estimate of drug-likeness (QED) is 0.228. The van der Waals surface area contributed by atoms with Crippen LogP contribution in [0.3, 0.4) is 0 Å². The van der Waals surface area contributed by atoms with Crippen molar-refractivity contribution in [1.29, 1.82) is 0 Å². The number of likely N-dealkylation sites (N-methyl/N-ethyl adjacent to an activating group) is 1. The van der Waals surface area contributed by atoms with Crippen LogP contribution in [0.2, 0.25) is 0 Å². The number of pyridine rings is 1. The van der Waals surface area contributed by atoms with E-state index in [4.69, 9.17) is 9.73 Å². The Bertz CT molecular complexity index is 987. The van der Waals surface area contributed by atoms with Gasteiger partial charge in [0.25, 0.3) is 0 Å². The highest BCUT2D eigenvalue weighted by molar-refractivity contribution is 14.0. The molecule has 0 aliphatic carbocycles. The number of guanidine groups is 1. The summed E-state index contributed by atoms with van der Waals surface area (Å²) >= 11 is 0. The molecule has 0 amide bonds. The van der Waals surface area contributed by atoms with Crippen molar-refractivity contribution in [1.82, 2.24) is 30.1 Å². The number of aliphatic imine (C=N–C) groups is 1. The van der Waals surface area contributed by atoms with E-state index in [1.807, 2.05) is 40.9 Å². The fraction of sp³-hybridized carbons (Fsp3) is 0.435. The van der Waals surface area contributed by atoms with E-state index in [1.54, 1.807) is 7.11 Å². The minimum absolute atomic E-state index is 0. The van der Waals surface area contributed by atoms with Gasteiger partial charge in [-0.25, -0.2) is 4.99 Å². The smallest absolute Gasteiger partial charge is 0.191 e. The lowest BCUT2D eigenvalue weighted by atomic mass is 10.0. The third-order valence-electron chi connectivity index (χ3n) is 5.30. The second-order valence-corrected chi connectivity index (χ2v) is 7.13. The number of hydrogen-bond donors (Lipinski definition) is 2. The summed E-state index contributed by atoms with van der Waals surface area (Å²) in [6, 6.07) is 14.3. The Hall–Kier alpha value is -2.40. The molecule has 2 heterocycles. The summed E-state index contributed by atoms with van der Waals surface area (Å²) in [7, 11) is 1.70. The van der Waals surface area contributed by atoms with Gasteiger partial charge in [0.2, 0.25) is 0 Å². The normalized spacial score (nSPS) is 12.5. The van der Waals surface area contributed by atoms with Crippen molar-refractivity contribution in [2.75, 3.05) is 33.3 Å². The average molecular weight is 551 g/mol. The van der Waals surface area contributed by atoms with E-state index in [1.165, 1.54) is 5.56 Å². The van der Waals surface area contributed by atoms with Gasteiger partial charge in [-0.3, -0.25) is 9.30 Å². The predicted molar refractivity (Wildman–Crippen MR) is 140 cm³/mol. The molecular formula is C23H34IN7O. The van der Waals surface area contributed by atoms with E-state index in [-0.39, 0.29) is 30.0 Å². The van der Waals surface area contributed by atoms with Crippen molar-refractivity contribution >= 4 is 35.6 Å². The van der Waals surface area contributed by atoms with E-state index >= 15 is 0 Å². The van der Waals surface area contributed by atoms with Gasteiger partial charge in [0, 0.05) is 19.3 Å². The topological polar surface area (TPSA) is 79.1 Å². The van der Waals surface area contributed by atoms with Gasteiger partial charge < -0.3 is 15.4 Å². The molecule has 9 heteroatoms. The van der Waals surface area contributed by atoms with Crippen molar-refractivity contribution in [2.45, 2.75) is 33.4 Å². The van der Waals surface area contributed by atoms with Gasteiger partial charge in [0.05, 0.1) is 13.2 Å². The van der Waals surface area contributed by atoms with Gasteiger partial charge in [-0.1, -0.05) is 32.0 Å². The minimum Gasteiger partial charge on any atom is -0.497 e. The molecule has 1 unspecified atom stereocenters. The molecule has 174 valence electrons. The molecule has 0 aliphatic rings. The number of rotatable bonds is 10. The number of ether oxygens (including phenoxy) is 1. The maximum atomic E-state index is 5.44. The van der Waals surface area contributed by atoms with Crippen LogP contribution in [0.1, 0.15) is 38.2 Å². The van der Waals surface area contributed by atoms with Gasteiger partial charge in [0.15, 0.2) is 17.4 Å². The Morgan fingerprint density at radius 1 is 1.09 bits per heavy atom. The first-order valence-corrected chi connectivity index (χ1v) is 10.9. The lowest BCUT2D eigenvalue weighted by Gasteiger charge is -2.31. The number of benzene rings is 1. The summed E-state index contributed by atoms with van der Waals surface area (Å²) in [6.07, 6.45) is 1.96. The van der Waals surface area contributed by atoms with Crippen LogP contribution in [-0.2, 0) is 6.54 Å². The summed E-state index contributed by atoms with van der Waals surface area (Å²) in [5, 5.41) is 15.3. The number of fused-ring (bicyclic) bond motifs is 1. The summed E-state index contributed by atoms with van der Waals surface area (Å²) < 4.78 is 7.40. The van der Waals surface area contributed by atoms with Crippen molar-refractivity contribution < 1.29 is 4.74 Å². The van der Waals surface area contributed by atoms with E-state index in [9.17, 15) is 0 Å². The van der Waals surface area contributed by atoms with Crippen LogP contribution >= 0.6 is 24.0 Å². The van der Waals surface area contributed by atoms with Gasteiger partial charge in [-0.15, -0.1) is 34.2 Å². The van der Waals surface area contributed by atoms with Crippen molar-refractivity contribution in [3.8, 4) is 5.75 Å². The van der Waals surface area contributed by atoms with E-state index < -0.39 is 0 Å². The highest BCUT2D eigenvalue weighted by Gasteiger charge is 2.19. The molecule has 3 aromatic rings. The second-order valence-electron chi connectivity index (χ2n) is 7.13. The number of methoxy groups -OCH3 is 1. The molecule has 3 rings (SSSR count). The van der Waals surface area contributed by atoms with Crippen LogP contribution in [0, 0.1) is 0 Å². The molecule has 2 N–H and O–H groups in total. The van der Waals surface area contributed by atoms with Crippen LogP contribution in [0.25, 0.3) is 5.65 Å². The Labute approximate surface area is 207 Å². The zero-order valence-electron chi connectivity index (χ0n) is 19.3. The molecule has 1 atom stereocenters. The van der Waals surface area contributed by atoms with Crippen molar-refractivity contribution in [2.24, 2.45) is 4.99 Å². The lowest BCUT2D eigenvalue weighted by Crippen LogP contribution is -2.43. The van der Waals surface area contributed by atoms with Crippen LogP contribution in [0.4, 0.5) is 0 Å². The SMILES string of the molecule is CCNC(=NCc1nnc2ccccn12)NCC(c1cccc(OC)c1)N(CC)CC.I. The third kappa shape index (κ3) is 6.55. The van der Waals surface area contributed by atoms with E-state index in [0.717, 1.165) is 49.4 Å².